The maximum Gasteiger partial charge on any atom is 0.416 e. The third kappa shape index (κ3) is 3.64. The molecular weight excluding hydrogens is 405 g/mol. The minimum absolute atomic E-state index is 0.130. The predicted molar refractivity (Wildman–Crippen MR) is 107 cm³/mol. The summed E-state index contributed by atoms with van der Waals surface area (Å²) in [7, 11) is 0. The van der Waals surface area contributed by atoms with Crippen molar-refractivity contribution in [2.24, 2.45) is 11.8 Å². The molecule has 2 fully saturated rings. The number of likely N-dealkylation sites (tertiary alicyclic amines) is 1. The van der Waals surface area contributed by atoms with Crippen LogP contribution in [-0.4, -0.2) is 38.8 Å². The molecule has 5 nitrogen and oxygen atoms in total. The summed E-state index contributed by atoms with van der Waals surface area (Å²) in [6.07, 6.45) is -1.40. The third-order valence-corrected chi connectivity index (χ3v) is 6.50. The van der Waals surface area contributed by atoms with E-state index in [0.29, 0.717) is 43.0 Å². The van der Waals surface area contributed by atoms with Crippen molar-refractivity contribution in [1.82, 2.24) is 19.9 Å². The largest absolute Gasteiger partial charge is 0.416 e. The number of halogens is 3. The van der Waals surface area contributed by atoms with Crippen LogP contribution in [0.5, 0.6) is 0 Å². The smallest absolute Gasteiger partial charge is 0.335 e. The molecule has 3 heterocycles. The highest BCUT2D eigenvalue weighted by Gasteiger charge is 2.45. The van der Waals surface area contributed by atoms with Crippen LogP contribution in [-0.2, 0) is 6.18 Å². The van der Waals surface area contributed by atoms with Crippen LogP contribution in [0.1, 0.15) is 46.1 Å². The van der Waals surface area contributed by atoms with E-state index in [-0.39, 0.29) is 29.5 Å². The van der Waals surface area contributed by atoms with Gasteiger partial charge in [-0.05, 0) is 66.8 Å². The maximum atomic E-state index is 13.4. The lowest BCUT2D eigenvalue weighted by Gasteiger charge is -2.21. The second-order valence-corrected chi connectivity index (χ2v) is 8.57. The van der Waals surface area contributed by atoms with E-state index in [2.05, 4.69) is 15.0 Å². The van der Waals surface area contributed by atoms with E-state index >= 15 is 0 Å². The molecule has 0 radical (unpaired) electrons. The molecule has 0 unspecified atom stereocenters. The van der Waals surface area contributed by atoms with Gasteiger partial charge in [0.1, 0.15) is 5.69 Å². The standard InChI is InChI=1S/C23H21F3N4O/c1-13-6-7-27-20-19(8-13)28-21(29-20)22(31)30-11-15-9-14(10-16(15)12-30)17-4-2-3-5-18(17)23(24,25)26/h2-8,14-16H,9-12H2,1H3/t14-,15-,16+. The van der Waals surface area contributed by atoms with Crippen LogP contribution in [0.3, 0.4) is 0 Å². The Labute approximate surface area is 177 Å². The molecule has 4 aliphatic rings. The Bertz CT molecular complexity index is 1100. The number of nitrogens with zero attached hydrogens (tertiary/aromatic N) is 4. The van der Waals surface area contributed by atoms with Crippen molar-refractivity contribution in [3.63, 3.8) is 0 Å². The average molecular weight is 426 g/mol. The summed E-state index contributed by atoms with van der Waals surface area (Å²) in [6, 6.07) is 9.54. The molecule has 0 N–H and O–H groups in total. The minimum atomic E-state index is -4.35. The van der Waals surface area contributed by atoms with Gasteiger partial charge in [0.05, 0.1) is 5.56 Å². The van der Waals surface area contributed by atoms with Gasteiger partial charge in [-0.2, -0.15) is 13.2 Å². The number of rotatable bonds is 2. The zero-order chi connectivity index (χ0) is 21.8. The number of hydrogen-bond donors (Lipinski definition) is 0. The number of fused-ring (bicyclic) bond motifs is 2. The lowest BCUT2D eigenvalue weighted by atomic mass is 9.91. The van der Waals surface area contributed by atoms with Crippen molar-refractivity contribution >= 4 is 5.91 Å². The van der Waals surface area contributed by atoms with Gasteiger partial charge in [0.15, 0.2) is 5.82 Å². The van der Waals surface area contributed by atoms with Crippen LogP contribution in [0, 0.1) is 18.8 Å². The van der Waals surface area contributed by atoms with E-state index in [1.165, 1.54) is 6.07 Å². The summed E-state index contributed by atoms with van der Waals surface area (Å²) in [4.78, 5) is 27.6. The van der Waals surface area contributed by atoms with E-state index < -0.39 is 11.7 Å². The van der Waals surface area contributed by atoms with Crippen LogP contribution < -0.4 is 0 Å². The van der Waals surface area contributed by atoms with E-state index in [0.717, 1.165) is 11.6 Å². The summed E-state index contributed by atoms with van der Waals surface area (Å²) in [5.74, 6) is 0.581. The number of amides is 1. The summed E-state index contributed by atoms with van der Waals surface area (Å²) >= 11 is 0. The van der Waals surface area contributed by atoms with Gasteiger partial charge < -0.3 is 4.90 Å². The molecule has 5 rings (SSSR count). The number of carbonyl (C=O) groups excluding carboxylic acids is 1. The molecule has 160 valence electrons. The topological polar surface area (TPSA) is 59.0 Å². The molecule has 3 atom stereocenters. The first kappa shape index (κ1) is 19.9. The second kappa shape index (κ2) is 7.28. The van der Waals surface area contributed by atoms with Gasteiger partial charge in [0, 0.05) is 19.3 Å². The maximum absolute atomic E-state index is 13.4. The molecule has 8 heteroatoms. The Morgan fingerprint density at radius 1 is 1.06 bits per heavy atom. The Hall–Kier alpha value is -3.03. The third-order valence-electron chi connectivity index (χ3n) is 6.50. The molecular formula is C23H21F3N4O. The SMILES string of the molecule is Cc1ccnc2nc(C(=O)N3C[C@H]4C[C@@H](c5ccccc5C(F)(F)F)C[C@H]4C3)nc-2c1. The Kier molecular flexibility index (Phi) is 4.68. The number of aromatic nitrogens is 3. The fraction of sp³-hybridized carbons (Fsp3) is 0.391. The first-order chi connectivity index (χ1) is 14.8. The van der Waals surface area contributed by atoms with Crippen LogP contribution in [0.2, 0.25) is 0 Å². The number of hydrogen-bond acceptors (Lipinski definition) is 4. The summed E-state index contributed by atoms with van der Waals surface area (Å²) in [5, 5.41) is 0. The molecule has 0 aromatic heterocycles. The van der Waals surface area contributed by atoms with Gasteiger partial charge >= 0.3 is 6.18 Å². The van der Waals surface area contributed by atoms with Gasteiger partial charge in [-0.1, -0.05) is 18.2 Å². The van der Waals surface area contributed by atoms with Crippen LogP contribution in [0.15, 0.2) is 42.6 Å². The van der Waals surface area contributed by atoms with Crippen molar-refractivity contribution in [2.75, 3.05) is 13.1 Å². The fourth-order valence-electron chi connectivity index (χ4n) is 5.10. The van der Waals surface area contributed by atoms with Crippen LogP contribution in [0.25, 0.3) is 11.5 Å². The number of benzene rings is 1. The minimum Gasteiger partial charge on any atom is -0.335 e. The average Bonchev–Trinajstić information content (AvgIpc) is 3.38. The van der Waals surface area contributed by atoms with Gasteiger partial charge in [-0.25, -0.2) is 15.0 Å². The van der Waals surface area contributed by atoms with Gasteiger partial charge in [0.2, 0.25) is 5.82 Å². The van der Waals surface area contributed by atoms with Gasteiger partial charge in [-0.3, -0.25) is 4.79 Å². The van der Waals surface area contributed by atoms with Crippen molar-refractivity contribution in [3.05, 3.63) is 65.1 Å². The number of imidazole rings is 1. The molecule has 31 heavy (non-hydrogen) atoms. The van der Waals surface area contributed by atoms with Crippen LogP contribution >= 0.6 is 0 Å². The fourth-order valence-corrected chi connectivity index (χ4v) is 5.10. The van der Waals surface area contributed by atoms with E-state index in [4.69, 9.17) is 0 Å². The zero-order valence-electron chi connectivity index (χ0n) is 16.9. The van der Waals surface area contributed by atoms with E-state index in [9.17, 15) is 18.0 Å². The monoisotopic (exact) mass is 426 g/mol. The predicted octanol–water partition coefficient (Wildman–Crippen LogP) is 4.57. The summed E-state index contributed by atoms with van der Waals surface area (Å²) in [5.41, 5.74) is 1.39. The van der Waals surface area contributed by atoms with Crippen molar-refractivity contribution < 1.29 is 18.0 Å². The van der Waals surface area contributed by atoms with Crippen molar-refractivity contribution in [3.8, 4) is 11.5 Å². The lowest BCUT2D eigenvalue weighted by molar-refractivity contribution is -0.138. The van der Waals surface area contributed by atoms with Gasteiger partial charge in [0.25, 0.3) is 5.91 Å². The zero-order valence-corrected chi connectivity index (χ0v) is 16.9. The Morgan fingerprint density at radius 3 is 2.48 bits per heavy atom. The molecule has 1 amide bonds. The Balaban J connectivity index is 1.31. The second-order valence-electron chi connectivity index (χ2n) is 8.57. The Morgan fingerprint density at radius 2 is 1.77 bits per heavy atom. The number of alkyl halides is 3. The van der Waals surface area contributed by atoms with Gasteiger partial charge in [-0.15, -0.1) is 0 Å². The van der Waals surface area contributed by atoms with Crippen LogP contribution in [0.4, 0.5) is 13.2 Å². The summed E-state index contributed by atoms with van der Waals surface area (Å²) in [6.45, 7) is 2.98. The lowest BCUT2D eigenvalue weighted by Crippen LogP contribution is -2.30. The quantitative estimate of drug-likeness (QED) is 0.602. The molecule has 1 saturated carbocycles. The molecule has 0 bridgehead atoms. The molecule has 3 aliphatic heterocycles. The molecule has 1 saturated heterocycles. The molecule has 1 aromatic rings. The highest BCUT2D eigenvalue weighted by Crippen LogP contribution is 2.49. The normalized spacial score (nSPS) is 23.4. The van der Waals surface area contributed by atoms with E-state index in [1.54, 1.807) is 23.2 Å². The highest BCUT2D eigenvalue weighted by molar-refractivity contribution is 5.92. The molecule has 1 aromatic carbocycles. The molecule has 1 aliphatic carbocycles. The summed E-state index contributed by atoms with van der Waals surface area (Å²) < 4.78 is 40.2. The highest BCUT2D eigenvalue weighted by atomic mass is 19.4. The molecule has 0 spiro atoms. The van der Waals surface area contributed by atoms with E-state index in [1.807, 2.05) is 19.1 Å². The number of carbonyl (C=O) groups is 1. The number of aryl methyl sites for hydroxylation is 1. The first-order valence-electron chi connectivity index (χ1n) is 10.4. The van der Waals surface area contributed by atoms with Crippen molar-refractivity contribution in [1.29, 1.82) is 0 Å². The van der Waals surface area contributed by atoms with Crippen molar-refractivity contribution in [2.45, 2.75) is 31.9 Å². The first-order valence-corrected chi connectivity index (χ1v) is 10.4.